The predicted octanol–water partition coefficient (Wildman–Crippen LogP) is 1.41. The highest BCUT2D eigenvalue weighted by atomic mass is 16.2. The van der Waals surface area contributed by atoms with E-state index in [4.69, 9.17) is 0 Å². The predicted molar refractivity (Wildman–Crippen MR) is 94.1 cm³/mol. The van der Waals surface area contributed by atoms with Crippen LogP contribution >= 0.6 is 0 Å². The number of aromatic amines is 1. The van der Waals surface area contributed by atoms with Gasteiger partial charge in [-0.05, 0) is 26.0 Å². The summed E-state index contributed by atoms with van der Waals surface area (Å²) in [6.45, 7) is 10.7. The number of nitrogens with zero attached hydrogens (tertiary/aromatic N) is 4. The lowest BCUT2D eigenvalue weighted by Gasteiger charge is -2.48. The molecular weight excluding hydrogens is 302 g/mol. The van der Waals surface area contributed by atoms with Gasteiger partial charge in [-0.2, -0.15) is 0 Å². The molecule has 2 fully saturated rings. The minimum Gasteiger partial charge on any atom is -0.345 e. The van der Waals surface area contributed by atoms with E-state index < -0.39 is 0 Å². The molecule has 2 aliphatic rings. The van der Waals surface area contributed by atoms with Crippen LogP contribution in [0.3, 0.4) is 0 Å². The van der Waals surface area contributed by atoms with Crippen molar-refractivity contribution in [1.82, 2.24) is 24.7 Å². The maximum absolute atomic E-state index is 12.7. The molecule has 0 spiro atoms. The van der Waals surface area contributed by atoms with Crippen LogP contribution in [-0.2, 0) is 0 Å². The molecule has 2 saturated heterocycles. The Morgan fingerprint density at radius 3 is 2.71 bits per heavy atom. The third-order valence-electron chi connectivity index (χ3n) is 5.43. The molecule has 0 bridgehead atoms. The van der Waals surface area contributed by atoms with Crippen LogP contribution in [0.15, 0.2) is 24.5 Å². The molecule has 4 heterocycles. The Morgan fingerprint density at radius 1 is 1.25 bits per heavy atom. The van der Waals surface area contributed by atoms with Crippen molar-refractivity contribution >= 4 is 16.9 Å². The van der Waals surface area contributed by atoms with E-state index in [-0.39, 0.29) is 5.91 Å². The van der Waals surface area contributed by atoms with Crippen LogP contribution in [0.2, 0.25) is 0 Å². The van der Waals surface area contributed by atoms with E-state index in [1.165, 1.54) is 0 Å². The van der Waals surface area contributed by atoms with Crippen molar-refractivity contribution in [2.45, 2.75) is 25.9 Å². The number of piperazine rings is 1. The summed E-state index contributed by atoms with van der Waals surface area (Å²) in [4.78, 5) is 27.1. The number of hydrogen-bond donors (Lipinski definition) is 1. The number of rotatable bonds is 3. The zero-order valence-corrected chi connectivity index (χ0v) is 14.4. The molecule has 0 atom stereocenters. The molecule has 6 nitrogen and oxygen atoms in total. The molecule has 6 heteroatoms. The van der Waals surface area contributed by atoms with Gasteiger partial charge in [0.05, 0.1) is 5.56 Å². The fourth-order valence-corrected chi connectivity index (χ4v) is 3.77. The Kier molecular flexibility index (Phi) is 4.02. The van der Waals surface area contributed by atoms with Gasteiger partial charge in [-0.25, -0.2) is 4.98 Å². The summed E-state index contributed by atoms with van der Waals surface area (Å²) in [6, 6.07) is 4.97. The number of carbonyl (C=O) groups excluding carboxylic acids is 1. The lowest BCUT2D eigenvalue weighted by Crippen LogP contribution is -2.64. The van der Waals surface area contributed by atoms with Crippen LogP contribution < -0.4 is 0 Å². The van der Waals surface area contributed by atoms with E-state index >= 15 is 0 Å². The molecule has 2 aromatic rings. The molecule has 0 radical (unpaired) electrons. The van der Waals surface area contributed by atoms with Crippen LogP contribution in [0, 0.1) is 0 Å². The molecule has 0 aliphatic carbocycles. The van der Waals surface area contributed by atoms with Gasteiger partial charge in [0.2, 0.25) is 0 Å². The van der Waals surface area contributed by atoms with Gasteiger partial charge in [0.1, 0.15) is 5.65 Å². The normalized spacial score (nSPS) is 20.7. The van der Waals surface area contributed by atoms with Crippen molar-refractivity contribution in [1.29, 1.82) is 0 Å². The lowest BCUT2D eigenvalue weighted by atomic mass is 10.0. The van der Waals surface area contributed by atoms with Crippen LogP contribution in [0.4, 0.5) is 0 Å². The zero-order valence-electron chi connectivity index (χ0n) is 14.4. The summed E-state index contributed by atoms with van der Waals surface area (Å²) >= 11 is 0. The molecule has 1 amide bonds. The van der Waals surface area contributed by atoms with Crippen molar-refractivity contribution in [3.05, 3.63) is 30.1 Å². The molecule has 2 aliphatic heterocycles. The third kappa shape index (κ3) is 2.70. The Bertz CT molecular complexity index is 726. The summed E-state index contributed by atoms with van der Waals surface area (Å²) in [6.07, 6.45) is 3.53. The van der Waals surface area contributed by atoms with Gasteiger partial charge >= 0.3 is 0 Å². The Hall–Kier alpha value is -1.92. The Labute approximate surface area is 142 Å². The van der Waals surface area contributed by atoms with Crippen molar-refractivity contribution in [2.24, 2.45) is 0 Å². The second-order valence-corrected chi connectivity index (χ2v) is 7.13. The fraction of sp³-hybridized carbons (Fsp3) is 0.556. The molecule has 2 aromatic heterocycles. The number of pyridine rings is 1. The van der Waals surface area contributed by atoms with Gasteiger partial charge in [0.15, 0.2) is 0 Å². The van der Waals surface area contributed by atoms with Crippen LogP contribution in [0.1, 0.15) is 24.2 Å². The molecule has 0 unspecified atom stereocenters. The Balaban J connectivity index is 1.35. The van der Waals surface area contributed by atoms with E-state index in [1.54, 1.807) is 12.4 Å². The molecular formula is C18H25N5O. The number of fused-ring (bicyclic) bond motifs is 1. The molecule has 4 rings (SSSR count). The maximum Gasteiger partial charge on any atom is 0.256 e. The van der Waals surface area contributed by atoms with Crippen molar-refractivity contribution < 1.29 is 4.79 Å². The smallest absolute Gasteiger partial charge is 0.256 e. The zero-order chi connectivity index (χ0) is 16.7. The third-order valence-corrected chi connectivity index (χ3v) is 5.43. The number of likely N-dealkylation sites (tertiary alicyclic amines) is 1. The molecule has 1 N–H and O–H groups in total. The monoisotopic (exact) mass is 327 g/mol. The van der Waals surface area contributed by atoms with Gasteiger partial charge in [-0.15, -0.1) is 0 Å². The molecule has 0 saturated carbocycles. The number of amides is 1. The largest absolute Gasteiger partial charge is 0.345 e. The lowest BCUT2D eigenvalue weighted by molar-refractivity contribution is 0.00328. The van der Waals surface area contributed by atoms with E-state index in [9.17, 15) is 4.79 Å². The van der Waals surface area contributed by atoms with Crippen LogP contribution in [0.5, 0.6) is 0 Å². The van der Waals surface area contributed by atoms with E-state index in [1.807, 2.05) is 17.0 Å². The van der Waals surface area contributed by atoms with E-state index in [0.29, 0.717) is 12.1 Å². The molecule has 0 aromatic carbocycles. The molecule has 24 heavy (non-hydrogen) atoms. The van der Waals surface area contributed by atoms with Gasteiger partial charge in [0, 0.05) is 69.1 Å². The standard InChI is InChI=1S/C18H25N5O/c1-13(2)21-6-8-22(9-7-21)14-11-23(12-14)18(24)16-10-20-17-15(16)4-3-5-19-17/h3-5,10,13-14H,6-9,11-12H2,1-2H3,(H,19,20). The second-order valence-electron chi connectivity index (χ2n) is 7.13. The first-order valence-corrected chi connectivity index (χ1v) is 8.83. The average molecular weight is 327 g/mol. The SMILES string of the molecule is CC(C)N1CCN(C2CN(C(=O)c3c[nH]c4ncccc34)C2)CC1. The maximum atomic E-state index is 12.7. The van der Waals surface area contributed by atoms with E-state index in [0.717, 1.165) is 55.9 Å². The van der Waals surface area contributed by atoms with Gasteiger partial charge < -0.3 is 9.88 Å². The first kappa shape index (κ1) is 15.6. The van der Waals surface area contributed by atoms with Crippen LogP contribution in [0.25, 0.3) is 11.0 Å². The first-order chi connectivity index (χ1) is 11.6. The number of carbonyl (C=O) groups is 1. The average Bonchev–Trinajstić information content (AvgIpc) is 2.98. The van der Waals surface area contributed by atoms with Crippen molar-refractivity contribution in [3.63, 3.8) is 0 Å². The highest BCUT2D eigenvalue weighted by Gasteiger charge is 2.37. The summed E-state index contributed by atoms with van der Waals surface area (Å²) in [5, 5.41) is 0.913. The number of aromatic nitrogens is 2. The van der Waals surface area contributed by atoms with Crippen molar-refractivity contribution in [2.75, 3.05) is 39.3 Å². The van der Waals surface area contributed by atoms with Crippen LogP contribution in [-0.4, -0.2) is 81.9 Å². The van der Waals surface area contributed by atoms with Gasteiger partial charge in [0.25, 0.3) is 5.91 Å². The second kappa shape index (κ2) is 6.18. The first-order valence-electron chi connectivity index (χ1n) is 8.83. The highest BCUT2D eigenvalue weighted by molar-refractivity contribution is 6.06. The van der Waals surface area contributed by atoms with Gasteiger partial charge in [-0.1, -0.05) is 0 Å². The van der Waals surface area contributed by atoms with E-state index in [2.05, 4.69) is 33.6 Å². The topological polar surface area (TPSA) is 55.5 Å². The fourth-order valence-electron chi connectivity index (χ4n) is 3.77. The Morgan fingerprint density at radius 2 is 2.00 bits per heavy atom. The summed E-state index contributed by atoms with van der Waals surface area (Å²) in [5.74, 6) is 0.117. The summed E-state index contributed by atoms with van der Waals surface area (Å²) in [7, 11) is 0. The number of H-pyrrole nitrogens is 1. The quantitative estimate of drug-likeness (QED) is 0.926. The molecule has 128 valence electrons. The number of nitrogens with one attached hydrogen (secondary N) is 1. The highest BCUT2D eigenvalue weighted by Crippen LogP contribution is 2.23. The minimum absolute atomic E-state index is 0.117. The summed E-state index contributed by atoms with van der Waals surface area (Å²) in [5.41, 5.74) is 1.52. The van der Waals surface area contributed by atoms with Gasteiger partial charge in [-0.3, -0.25) is 14.6 Å². The summed E-state index contributed by atoms with van der Waals surface area (Å²) < 4.78 is 0. The van der Waals surface area contributed by atoms with Crippen molar-refractivity contribution in [3.8, 4) is 0 Å². The number of hydrogen-bond acceptors (Lipinski definition) is 4. The minimum atomic E-state index is 0.117.